The first kappa shape index (κ1) is 29.1. The molecule has 0 atom stereocenters. The summed E-state index contributed by atoms with van der Waals surface area (Å²) < 4.78 is 84.9. The van der Waals surface area contributed by atoms with Crippen molar-refractivity contribution in [3.63, 3.8) is 0 Å². The second-order valence-electron chi connectivity index (χ2n) is 6.89. The lowest BCUT2D eigenvalue weighted by Gasteiger charge is -2.33. The van der Waals surface area contributed by atoms with Crippen LogP contribution in [0, 0.1) is 0 Å². The summed E-state index contributed by atoms with van der Waals surface area (Å²) in [5.41, 5.74) is -7.66. The number of hydrogen-bond acceptors (Lipinski definition) is 6. The number of rotatable bonds is 7. The van der Waals surface area contributed by atoms with Crippen molar-refractivity contribution in [3.05, 3.63) is 38.4 Å². The molecule has 0 unspecified atom stereocenters. The first-order chi connectivity index (χ1) is 16.1. The number of hydrogen-bond donors (Lipinski definition) is 1. The first-order valence-electron chi connectivity index (χ1n) is 9.88. The van der Waals surface area contributed by atoms with Gasteiger partial charge in [-0.15, -0.1) is 11.3 Å². The molecule has 0 saturated carbocycles. The number of carbonyl (C=O) groups excluding carboxylic acids is 2. The van der Waals surface area contributed by atoms with Gasteiger partial charge in [0.15, 0.2) is 0 Å². The Kier molecular flexibility index (Phi) is 8.73. The standard InChI is InChI=1S/C20H18Cl2F6N2O4S/c1-4-30(5-2)16(31)13-14(35-15(29-13)17(32)34-6-3)9-7-8-10(12(22)11(9)21)18(33,19(23,24)25)20(26,27)28/h7-8,33H,4-6H2,1-3H3. The zero-order chi connectivity index (χ0) is 26.9. The smallest absolute Gasteiger partial charge is 0.430 e. The van der Waals surface area contributed by atoms with Gasteiger partial charge in [0.1, 0.15) is 5.69 Å². The highest BCUT2D eigenvalue weighted by atomic mass is 35.5. The molecule has 0 spiro atoms. The summed E-state index contributed by atoms with van der Waals surface area (Å²) >= 11 is 12.5. The molecule has 0 bridgehead atoms. The zero-order valence-electron chi connectivity index (χ0n) is 18.3. The van der Waals surface area contributed by atoms with Crippen molar-refractivity contribution in [2.75, 3.05) is 19.7 Å². The van der Waals surface area contributed by atoms with Crippen molar-refractivity contribution < 1.29 is 45.8 Å². The van der Waals surface area contributed by atoms with Gasteiger partial charge >= 0.3 is 18.3 Å². The highest BCUT2D eigenvalue weighted by molar-refractivity contribution is 7.17. The third-order valence-corrected chi connectivity index (χ3v) is 6.82. The summed E-state index contributed by atoms with van der Waals surface area (Å²) in [5.74, 6) is -1.57. The molecule has 1 amide bonds. The number of alkyl halides is 6. The van der Waals surface area contributed by atoms with Gasteiger partial charge in [-0.1, -0.05) is 35.3 Å². The van der Waals surface area contributed by atoms with Crippen molar-refractivity contribution in [3.8, 4) is 10.4 Å². The maximum absolute atomic E-state index is 13.3. The van der Waals surface area contributed by atoms with Gasteiger partial charge in [0.25, 0.3) is 11.5 Å². The highest BCUT2D eigenvalue weighted by Crippen LogP contribution is 2.54. The fourth-order valence-electron chi connectivity index (χ4n) is 3.06. The van der Waals surface area contributed by atoms with E-state index >= 15 is 0 Å². The van der Waals surface area contributed by atoms with Crippen LogP contribution in [-0.2, 0) is 10.3 Å². The Morgan fingerprint density at radius 2 is 1.57 bits per heavy atom. The third kappa shape index (κ3) is 5.23. The molecule has 1 heterocycles. The van der Waals surface area contributed by atoms with E-state index in [0.29, 0.717) is 17.4 Å². The summed E-state index contributed by atoms with van der Waals surface area (Å²) in [7, 11) is 0. The molecule has 1 aromatic carbocycles. The topological polar surface area (TPSA) is 79.7 Å². The maximum Gasteiger partial charge on any atom is 0.430 e. The van der Waals surface area contributed by atoms with Crippen LogP contribution in [0.4, 0.5) is 26.3 Å². The van der Waals surface area contributed by atoms with E-state index in [1.54, 1.807) is 13.8 Å². The monoisotopic (exact) mass is 566 g/mol. The van der Waals surface area contributed by atoms with Gasteiger partial charge in [-0.25, -0.2) is 9.78 Å². The second-order valence-corrected chi connectivity index (χ2v) is 8.64. The van der Waals surface area contributed by atoms with E-state index in [9.17, 15) is 41.0 Å². The summed E-state index contributed by atoms with van der Waals surface area (Å²) in [6.07, 6.45) is -12.4. The molecule has 0 fully saturated rings. The Hall–Kier alpha value is -2.09. The van der Waals surface area contributed by atoms with Crippen molar-refractivity contribution in [2.45, 2.75) is 38.7 Å². The first-order valence-corrected chi connectivity index (χ1v) is 11.5. The Balaban J connectivity index is 2.81. The number of nitrogens with zero attached hydrogens (tertiary/aromatic N) is 2. The van der Waals surface area contributed by atoms with Gasteiger partial charge in [0, 0.05) is 24.2 Å². The van der Waals surface area contributed by atoms with E-state index in [-0.39, 0.29) is 40.8 Å². The Morgan fingerprint density at radius 3 is 2.03 bits per heavy atom. The van der Waals surface area contributed by atoms with Gasteiger partial charge in [-0.3, -0.25) is 4.79 Å². The largest absolute Gasteiger partial charge is 0.461 e. The lowest BCUT2D eigenvalue weighted by molar-refractivity contribution is -0.376. The molecule has 1 N–H and O–H groups in total. The van der Waals surface area contributed by atoms with Gasteiger partial charge < -0.3 is 14.7 Å². The van der Waals surface area contributed by atoms with E-state index in [1.807, 2.05) is 0 Å². The second kappa shape index (κ2) is 10.5. The number of thiazole rings is 1. The van der Waals surface area contributed by atoms with E-state index < -0.39 is 45.4 Å². The Morgan fingerprint density at radius 1 is 1.03 bits per heavy atom. The molecule has 35 heavy (non-hydrogen) atoms. The molecule has 2 aromatic rings. The SMILES string of the molecule is CCOC(=O)c1nc(C(=O)N(CC)CC)c(-c2ccc(C(O)(C(F)(F)F)C(F)(F)F)c(Cl)c2Cl)s1. The van der Waals surface area contributed by atoms with Crippen LogP contribution >= 0.6 is 34.5 Å². The molecule has 0 aliphatic heterocycles. The van der Waals surface area contributed by atoms with E-state index in [0.717, 1.165) is 6.07 Å². The van der Waals surface area contributed by atoms with Crippen molar-refractivity contribution >= 4 is 46.4 Å². The van der Waals surface area contributed by atoms with E-state index in [4.69, 9.17) is 27.9 Å². The molecule has 6 nitrogen and oxygen atoms in total. The number of amides is 1. The molecular formula is C20H18Cl2F6N2O4S. The maximum atomic E-state index is 13.3. The molecule has 194 valence electrons. The van der Waals surface area contributed by atoms with Crippen LogP contribution in [0.2, 0.25) is 10.0 Å². The van der Waals surface area contributed by atoms with Crippen LogP contribution in [-0.4, -0.2) is 58.9 Å². The molecule has 0 saturated heterocycles. The quantitative estimate of drug-likeness (QED) is 0.324. The molecule has 2 rings (SSSR count). The number of esters is 1. The van der Waals surface area contributed by atoms with Gasteiger partial charge in [0.2, 0.25) is 5.01 Å². The van der Waals surface area contributed by atoms with Crippen LogP contribution in [0.5, 0.6) is 0 Å². The van der Waals surface area contributed by atoms with Gasteiger partial charge in [-0.05, 0) is 20.8 Å². The molecule has 15 heteroatoms. The molecular weight excluding hydrogens is 549 g/mol. The predicted octanol–water partition coefficient (Wildman–Crippen LogP) is 6.09. The van der Waals surface area contributed by atoms with Crippen molar-refractivity contribution in [1.29, 1.82) is 0 Å². The van der Waals surface area contributed by atoms with Crippen LogP contribution in [0.15, 0.2) is 12.1 Å². The number of aromatic nitrogens is 1. The summed E-state index contributed by atoms with van der Waals surface area (Å²) in [6.45, 7) is 5.28. The minimum atomic E-state index is -6.19. The zero-order valence-corrected chi connectivity index (χ0v) is 20.6. The minimum absolute atomic E-state index is 0.0260. The van der Waals surface area contributed by atoms with Crippen LogP contribution in [0.3, 0.4) is 0 Å². The van der Waals surface area contributed by atoms with E-state index in [2.05, 4.69) is 4.98 Å². The third-order valence-electron chi connectivity index (χ3n) is 4.87. The summed E-state index contributed by atoms with van der Waals surface area (Å²) in [6, 6.07) is 1.04. The van der Waals surface area contributed by atoms with E-state index in [1.165, 1.54) is 11.8 Å². The van der Waals surface area contributed by atoms with Crippen LogP contribution in [0.1, 0.15) is 46.6 Å². The average molecular weight is 567 g/mol. The van der Waals surface area contributed by atoms with Gasteiger partial charge in [-0.2, -0.15) is 26.3 Å². The van der Waals surface area contributed by atoms with Crippen LogP contribution in [0.25, 0.3) is 10.4 Å². The van der Waals surface area contributed by atoms with Crippen molar-refractivity contribution in [2.24, 2.45) is 0 Å². The molecule has 0 aliphatic rings. The fraction of sp³-hybridized carbons (Fsp3) is 0.450. The average Bonchev–Trinajstić information content (AvgIpc) is 3.19. The highest BCUT2D eigenvalue weighted by Gasteiger charge is 2.72. The summed E-state index contributed by atoms with van der Waals surface area (Å²) in [4.78, 5) is 30.3. The molecule has 0 aliphatic carbocycles. The fourth-order valence-corrected chi connectivity index (χ4v) is 4.66. The Labute approximate surface area is 209 Å². The number of halogens is 8. The van der Waals surface area contributed by atoms with Crippen molar-refractivity contribution in [1.82, 2.24) is 9.88 Å². The molecule has 0 radical (unpaired) electrons. The minimum Gasteiger partial charge on any atom is -0.461 e. The predicted molar refractivity (Wildman–Crippen MR) is 117 cm³/mol. The number of benzene rings is 1. The van der Waals surface area contributed by atoms with Gasteiger partial charge in [0.05, 0.1) is 21.5 Å². The molecule has 1 aromatic heterocycles. The number of carbonyl (C=O) groups is 2. The number of aliphatic hydroxyl groups is 1. The number of ether oxygens (including phenoxy) is 1. The lowest BCUT2D eigenvalue weighted by Crippen LogP contribution is -2.54. The Bertz CT molecular complexity index is 1100. The lowest BCUT2D eigenvalue weighted by atomic mass is 9.91. The normalized spacial score (nSPS) is 12.6. The van der Waals surface area contributed by atoms with Crippen LogP contribution < -0.4 is 0 Å². The summed E-state index contributed by atoms with van der Waals surface area (Å²) in [5, 5.41) is 7.36.